The number of hydrogen-bond acceptors (Lipinski definition) is 6. The highest BCUT2D eigenvalue weighted by Crippen LogP contribution is 2.16. The molecule has 0 fully saturated rings. The molecule has 6 heteroatoms. The number of esters is 3. The van der Waals surface area contributed by atoms with E-state index in [0.717, 1.165) is 96.3 Å². The molecule has 0 aliphatic rings. The van der Waals surface area contributed by atoms with Gasteiger partial charge in [-0.1, -0.05) is 267 Å². The second-order valence-electron chi connectivity index (χ2n) is 20.2. The van der Waals surface area contributed by atoms with Crippen molar-refractivity contribution in [3.63, 3.8) is 0 Å². The molecule has 0 aliphatic heterocycles. The number of carbonyl (C=O) groups is 3. The van der Waals surface area contributed by atoms with Crippen LogP contribution in [0.3, 0.4) is 0 Å². The van der Waals surface area contributed by atoms with Gasteiger partial charge in [0.05, 0.1) is 0 Å². The maximum absolute atomic E-state index is 12.8. The van der Waals surface area contributed by atoms with Gasteiger partial charge in [0.2, 0.25) is 0 Å². The number of carbonyl (C=O) groups excluding carboxylic acids is 3. The Balaban J connectivity index is 4.04. The quantitative estimate of drug-likeness (QED) is 0.0261. The third-order valence-electron chi connectivity index (χ3n) is 13.2. The second-order valence-corrected chi connectivity index (χ2v) is 20.2. The summed E-state index contributed by atoms with van der Waals surface area (Å²) in [4.78, 5) is 37.9. The maximum Gasteiger partial charge on any atom is 0.306 e. The molecule has 0 radical (unpaired) electrons. The predicted molar refractivity (Wildman–Crippen MR) is 307 cm³/mol. The molecule has 1 atom stereocenters. The van der Waals surface area contributed by atoms with Crippen molar-refractivity contribution in [2.75, 3.05) is 13.2 Å². The van der Waals surface area contributed by atoms with Crippen LogP contribution < -0.4 is 0 Å². The summed E-state index contributed by atoms with van der Waals surface area (Å²) in [5.41, 5.74) is 0. The lowest BCUT2D eigenvalue weighted by Gasteiger charge is -2.18. The van der Waals surface area contributed by atoms with Crippen LogP contribution in [0.4, 0.5) is 0 Å². The molecule has 0 saturated carbocycles. The minimum atomic E-state index is -0.773. The first kappa shape index (κ1) is 67.8. The molecule has 0 aromatic heterocycles. The van der Waals surface area contributed by atoms with Crippen molar-refractivity contribution in [2.24, 2.45) is 0 Å². The van der Waals surface area contributed by atoms with Crippen LogP contribution >= 0.6 is 0 Å². The molecule has 0 bridgehead atoms. The SMILES string of the molecule is CC/C=C\C/C=C\C/C=C\C/C=C\CCCCCCCCCCCCCCCCC(=O)OCC(COC(=O)CCCCCCC)OC(=O)CCCCCCCCCCC/C=C\C/C=C\CCCCCCC. The number of unbranched alkanes of at least 4 members (excludes halogenated alkanes) is 32. The number of rotatable bonds is 55. The number of allylic oxidation sites excluding steroid dienone is 12. The Morgan fingerprint density at radius 2 is 0.549 bits per heavy atom. The van der Waals surface area contributed by atoms with Crippen molar-refractivity contribution >= 4 is 17.9 Å². The zero-order valence-corrected chi connectivity index (χ0v) is 47.0. The number of ether oxygens (including phenoxy) is 3. The van der Waals surface area contributed by atoms with Crippen molar-refractivity contribution in [3.05, 3.63) is 72.9 Å². The molecule has 0 rings (SSSR count). The Kier molecular flexibility index (Phi) is 56.8. The van der Waals surface area contributed by atoms with Crippen LogP contribution in [-0.2, 0) is 28.6 Å². The molecule has 0 aromatic rings. The van der Waals surface area contributed by atoms with Gasteiger partial charge in [-0.05, 0) is 89.9 Å². The number of hydrogen-bond donors (Lipinski definition) is 0. The second kappa shape index (κ2) is 59.4. The van der Waals surface area contributed by atoms with Crippen molar-refractivity contribution in [1.29, 1.82) is 0 Å². The van der Waals surface area contributed by atoms with Gasteiger partial charge in [0.25, 0.3) is 0 Å². The van der Waals surface area contributed by atoms with Gasteiger partial charge in [-0.3, -0.25) is 14.4 Å². The topological polar surface area (TPSA) is 78.9 Å². The first-order valence-electron chi connectivity index (χ1n) is 30.4. The lowest BCUT2D eigenvalue weighted by atomic mass is 10.0. The van der Waals surface area contributed by atoms with Gasteiger partial charge < -0.3 is 14.2 Å². The van der Waals surface area contributed by atoms with E-state index in [9.17, 15) is 14.4 Å². The highest BCUT2D eigenvalue weighted by molar-refractivity contribution is 5.71. The molecule has 0 saturated heterocycles. The molecule has 0 heterocycles. The average molecular weight is 992 g/mol. The zero-order valence-electron chi connectivity index (χ0n) is 47.0. The summed E-state index contributed by atoms with van der Waals surface area (Å²) in [5.74, 6) is -0.884. The van der Waals surface area contributed by atoms with E-state index >= 15 is 0 Å². The first-order valence-corrected chi connectivity index (χ1v) is 30.4. The minimum absolute atomic E-state index is 0.0754. The monoisotopic (exact) mass is 991 g/mol. The zero-order chi connectivity index (χ0) is 51.4. The summed E-state index contributed by atoms with van der Waals surface area (Å²) in [5, 5.41) is 0. The molecule has 0 spiro atoms. The molecule has 0 N–H and O–H groups in total. The third kappa shape index (κ3) is 57.6. The summed E-state index contributed by atoms with van der Waals surface area (Å²) in [6, 6.07) is 0. The molecular formula is C65H114O6. The minimum Gasteiger partial charge on any atom is -0.462 e. The van der Waals surface area contributed by atoms with Crippen molar-refractivity contribution < 1.29 is 28.6 Å². The van der Waals surface area contributed by atoms with Crippen LogP contribution in [0.2, 0.25) is 0 Å². The molecular weight excluding hydrogens is 877 g/mol. The molecule has 0 aromatic carbocycles. The van der Waals surface area contributed by atoms with Gasteiger partial charge in [-0.15, -0.1) is 0 Å². The van der Waals surface area contributed by atoms with Gasteiger partial charge in [0, 0.05) is 19.3 Å². The summed E-state index contributed by atoms with van der Waals surface area (Å²) < 4.78 is 16.8. The Labute approximate surface area is 440 Å². The highest BCUT2D eigenvalue weighted by atomic mass is 16.6. The van der Waals surface area contributed by atoms with Crippen LogP contribution in [0, 0.1) is 0 Å². The Morgan fingerprint density at radius 3 is 0.859 bits per heavy atom. The van der Waals surface area contributed by atoms with Gasteiger partial charge >= 0.3 is 17.9 Å². The van der Waals surface area contributed by atoms with Crippen LogP contribution in [0.25, 0.3) is 0 Å². The largest absolute Gasteiger partial charge is 0.462 e. The average Bonchev–Trinajstić information content (AvgIpc) is 3.37. The van der Waals surface area contributed by atoms with E-state index in [-0.39, 0.29) is 31.1 Å². The van der Waals surface area contributed by atoms with Crippen LogP contribution in [0.5, 0.6) is 0 Å². The van der Waals surface area contributed by atoms with E-state index in [2.05, 4.69) is 93.7 Å². The fourth-order valence-electron chi connectivity index (χ4n) is 8.64. The smallest absolute Gasteiger partial charge is 0.306 e. The molecule has 0 aliphatic carbocycles. The highest BCUT2D eigenvalue weighted by Gasteiger charge is 2.19. The molecule has 0 amide bonds. The predicted octanol–water partition coefficient (Wildman–Crippen LogP) is 20.5. The van der Waals surface area contributed by atoms with Crippen molar-refractivity contribution in [1.82, 2.24) is 0 Å². The van der Waals surface area contributed by atoms with Crippen LogP contribution in [-0.4, -0.2) is 37.2 Å². The maximum atomic E-state index is 12.8. The first-order chi connectivity index (χ1) is 35.0. The van der Waals surface area contributed by atoms with E-state index in [1.54, 1.807) is 0 Å². The molecule has 6 nitrogen and oxygen atoms in total. The standard InChI is InChI=1S/C65H114O6/c1-4-7-10-13-15-17-19-21-23-25-27-29-30-31-32-33-34-36-37-39-41-43-45-47-49-52-55-58-64(67)70-61-62(60-69-63(66)57-54-51-12-9-6-3)71-65(68)59-56-53-50-48-46-44-42-40-38-35-28-26-24-22-20-18-16-14-11-8-5-2/h7,10,15,17,20-23,26-29,62H,4-6,8-9,11-14,16,18-19,24-25,30-61H2,1-3H3/b10-7-,17-15-,22-20-,23-21-,28-26-,29-27-. The summed E-state index contributed by atoms with van der Waals surface area (Å²) in [6.07, 6.45) is 76.6. The summed E-state index contributed by atoms with van der Waals surface area (Å²) in [7, 11) is 0. The van der Waals surface area contributed by atoms with Crippen molar-refractivity contribution in [2.45, 2.75) is 309 Å². The molecule has 1 unspecified atom stereocenters. The fraction of sp³-hybridized carbons (Fsp3) is 0.769. The van der Waals surface area contributed by atoms with Crippen LogP contribution in [0.1, 0.15) is 303 Å². The van der Waals surface area contributed by atoms with E-state index in [1.165, 1.54) is 167 Å². The normalized spacial score (nSPS) is 12.5. The molecule has 410 valence electrons. The molecule has 71 heavy (non-hydrogen) atoms. The Bertz CT molecular complexity index is 1320. The van der Waals surface area contributed by atoms with E-state index in [1.807, 2.05) is 0 Å². The van der Waals surface area contributed by atoms with Gasteiger partial charge in [0.1, 0.15) is 13.2 Å². The lowest BCUT2D eigenvalue weighted by molar-refractivity contribution is -0.167. The van der Waals surface area contributed by atoms with E-state index < -0.39 is 6.10 Å². The van der Waals surface area contributed by atoms with Crippen molar-refractivity contribution in [3.8, 4) is 0 Å². The van der Waals surface area contributed by atoms with E-state index in [0.29, 0.717) is 19.3 Å². The van der Waals surface area contributed by atoms with Gasteiger partial charge in [0.15, 0.2) is 6.10 Å². The van der Waals surface area contributed by atoms with Crippen LogP contribution in [0.15, 0.2) is 72.9 Å². The van der Waals surface area contributed by atoms with Gasteiger partial charge in [-0.2, -0.15) is 0 Å². The third-order valence-corrected chi connectivity index (χ3v) is 13.2. The fourth-order valence-corrected chi connectivity index (χ4v) is 8.64. The summed E-state index contributed by atoms with van der Waals surface area (Å²) in [6.45, 7) is 6.46. The summed E-state index contributed by atoms with van der Waals surface area (Å²) >= 11 is 0. The van der Waals surface area contributed by atoms with Gasteiger partial charge in [-0.25, -0.2) is 0 Å². The van der Waals surface area contributed by atoms with E-state index in [4.69, 9.17) is 14.2 Å². The lowest BCUT2D eigenvalue weighted by Crippen LogP contribution is -2.30. The Morgan fingerprint density at radius 1 is 0.296 bits per heavy atom. The Hall–Kier alpha value is -3.15.